The Bertz CT molecular complexity index is 312. The van der Waals surface area contributed by atoms with Gasteiger partial charge < -0.3 is 14.6 Å². The summed E-state index contributed by atoms with van der Waals surface area (Å²) in [6.07, 6.45) is 2.71. The zero-order chi connectivity index (χ0) is 11.4. The number of nitrogens with zero attached hydrogens (tertiary/aromatic N) is 1. The Balaban J connectivity index is 1.56. The molecule has 1 fully saturated rings. The van der Waals surface area contributed by atoms with Crippen molar-refractivity contribution in [2.24, 2.45) is 5.92 Å². The molecule has 1 N–H and O–H groups in total. The summed E-state index contributed by atoms with van der Waals surface area (Å²) >= 11 is 0. The molecule has 0 radical (unpaired) electrons. The van der Waals surface area contributed by atoms with Gasteiger partial charge in [-0.15, -0.1) is 0 Å². The molecule has 0 bridgehead atoms. The van der Waals surface area contributed by atoms with E-state index in [1.807, 2.05) is 13.8 Å². The molecule has 1 aromatic rings. The molecule has 16 heavy (non-hydrogen) atoms. The molecule has 0 unspecified atom stereocenters. The van der Waals surface area contributed by atoms with Crippen LogP contribution in [0.4, 0.5) is 0 Å². The second kappa shape index (κ2) is 5.46. The Kier molecular flexibility index (Phi) is 3.96. The fourth-order valence-electron chi connectivity index (χ4n) is 1.65. The highest BCUT2D eigenvalue weighted by atomic mass is 16.5. The minimum Gasteiger partial charge on any atom is -0.380 e. The third kappa shape index (κ3) is 3.32. The molecule has 0 spiro atoms. The molecule has 0 saturated heterocycles. The lowest BCUT2D eigenvalue weighted by molar-refractivity contribution is 0.126. The molecule has 0 aliphatic heterocycles. The summed E-state index contributed by atoms with van der Waals surface area (Å²) in [5, 5.41) is 7.26. The van der Waals surface area contributed by atoms with Crippen LogP contribution in [0.5, 0.6) is 0 Å². The van der Waals surface area contributed by atoms with Crippen molar-refractivity contribution >= 4 is 0 Å². The van der Waals surface area contributed by atoms with E-state index in [0.29, 0.717) is 0 Å². The van der Waals surface area contributed by atoms with Crippen LogP contribution < -0.4 is 5.32 Å². The van der Waals surface area contributed by atoms with Crippen molar-refractivity contribution in [1.29, 1.82) is 0 Å². The molecular formula is C12H20N2O2. The van der Waals surface area contributed by atoms with Gasteiger partial charge in [-0.25, -0.2) is 0 Å². The van der Waals surface area contributed by atoms with Crippen LogP contribution in [0.25, 0.3) is 0 Å². The first-order valence-corrected chi connectivity index (χ1v) is 5.97. The number of hydrogen-bond acceptors (Lipinski definition) is 4. The smallest absolute Gasteiger partial charge is 0.138 e. The van der Waals surface area contributed by atoms with Crippen LogP contribution in [0.2, 0.25) is 0 Å². The summed E-state index contributed by atoms with van der Waals surface area (Å²) in [5.74, 6) is 1.76. The lowest BCUT2D eigenvalue weighted by Gasteiger charge is -2.05. The molecule has 0 aromatic carbocycles. The summed E-state index contributed by atoms with van der Waals surface area (Å²) in [5.41, 5.74) is 2.14. The van der Waals surface area contributed by atoms with Crippen LogP contribution in [0, 0.1) is 19.8 Å². The maximum Gasteiger partial charge on any atom is 0.138 e. The van der Waals surface area contributed by atoms with Crippen molar-refractivity contribution < 1.29 is 9.26 Å². The number of aromatic nitrogens is 1. The highest BCUT2D eigenvalue weighted by Gasteiger charge is 2.20. The lowest BCUT2D eigenvalue weighted by Crippen LogP contribution is -2.20. The first kappa shape index (κ1) is 11.6. The van der Waals surface area contributed by atoms with Crippen LogP contribution in [0.15, 0.2) is 4.52 Å². The van der Waals surface area contributed by atoms with Crippen molar-refractivity contribution in [3.05, 3.63) is 17.0 Å². The number of nitrogens with one attached hydrogen (secondary N) is 1. The van der Waals surface area contributed by atoms with E-state index < -0.39 is 0 Å². The molecule has 1 aromatic heterocycles. The second-order valence-corrected chi connectivity index (χ2v) is 4.50. The molecule has 1 saturated carbocycles. The van der Waals surface area contributed by atoms with Crippen LogP contribution >= 0.6 is 0 Å². The van der Waals surface area contributed by atoms with E-state index in [0.717, 1.165) is 43.7 Å². The SMILES string of the molecule is Cc1noc(C)c1CNCCOCC1CC1. The van der Waals surface area contributed by atoms with Gasteiger partial charge in [0.15, 0.2) is 0 Å². The highest BCUT2D eigenvalue weighted by Crippen LogP contribution is 2.28. The quantitative estimate of drug-likeness (QED) is 0.717. The Morgan fingerprint density at radius 1 is 1.44 bits per heavy atom. The van der Waals surface area contributed by atoms with E-state index in [2.05, 4.69) is 10.5 Å². The zero-order valence-corrected chi connectivity index (χ0v) is 10.1. The van der Waals surface area contributed by atoms with E-state index in [9.17, 15) is 0 Å². The van der Waals surface area contributed by atoms with Gasteiger partial charge >= 0.3 is 0 Å². The summed E-state index contributed by atoms with van der Waals surface area (Å²) in [6, 6.07) is 0. The van der Waals surface area contributed by atoms with Gasteiger partial charge in [-0.3, -0.25) is 0 Å². The average Bonchev–Trinajstić information content (AvgIpc) is 3.03. The van der Waals surface area contributed by atoms with Crippen molar-refractivity contribution in [2.75, 3.05) is 19.8 Å². The number of hydrogen-bond donors (Lipinski definition) is 1. The Hall–Kier alpha value is -0.870. The number of ether oxygens (including phenoxy) is 1. The van der Waals surface area contributed by atoms with E-state index in [-0.39, 0.29) is 0 Å². The number of rotatable bonds is 7. The van der Waals surface area contributed by atoms with Gasteiger partial charge in [0, 0.05) is 25.3 Å². The predicted octanol–water partition coefficient (Wildman–Crippen LogP) is 1.81. The molecule has 4 nitrogen and oxygen atoms in total. The summed E-state index contributed by atoms with van der Waals surface area (Å²) in [4.78, 5) is 0. The van der Waals surface area contributed by atoms with Crippen LogP contribution in [-0.2, 0) is 11.3 Å². The van der Waals surface area contributed by atoms with Crippen LogP contribution in [-0.4, -0.2) is 24.9 Å². The highest BCUT2D eigenvalue weighted by molar-refractivity contribution is 5.20. The van der Waals surface area contributed by atoms with Gasteiger partial charge in [-0.2, -0.15) is 0 Å². The largest absolute Gasteiger partial charge is 0.380 e. The maximum atomic E-state index is 5.54. The lowest BCUT2D eigenvalue weighted by atomic mass is 10.2. The number of aryl methyl sites for hydroxylation is 2. The molecular weight excluding hydrogens is 204 g/mol. The Morgan fingerprint density at radius 3 is 2.88 bits per heavy atom. The molecule has 0 atom stereocenters. The van der Waals surface area contributed by atoms with Crippen LogP contribution in [0.3, 0.4) is 0 Å². The predicted molar refractivity (Wildman–Crippen MR) is 61.2 cm³/mol. The standard InChI is InChI=1S/C12H20N2O2/c1-9-12(10(2)16-14-9)7-13-5-6-15-8-11-3-4-11/h11,13H,3-8H2,1-2H3. The zero-order valence-electron chi connectivity index (χ0n) is 10.1. The Morgan fingerprint density at radius 2 is 2.25 bits per heavy atom. The molecule has 1 aliphatic rings. The monoisotopic (exact) mass is 224 g/mol. The third-order valence-corrected chi connectivity index (χ3v) is 2.96. The second-order valence-electron chi connectivity index (χ2n) is 4.50. The minimum absolute atomic E-state index is 0.792. The van der Waals surface area contributed by atoms with Crippen LogP contribution in [0.1, 0.15) is 29.9 Å². The topological polar surface area (TPSA) is 47.3 Å². The molecule has 0 amide bonds. The normalized spacial score (nSPS) is 15.6. The average molecular weight is 224 g/mol. The van der Waals surface area contributed by atoms with Crippen molar-refractivity contribution in [1.82, 2.24) is 10.5 Å². The summed E-state index contributed by atoms with van der Waals surface area (Å²) in [6.45, 7) is 7.34. The Labute approximate surface area is 96.3 Å². The van der Waals surface area contributed by atoms with Gasteiger partial charge in [0.1, 0.15) is 5.76 Å². The van der Waals surface area contributed by atoms with Gasteiger partial charge in [0.2, 0.25) is 0 Å². The van der Waals surface area contributed by atoms with Gasteiger partial charge in [-0.05, 0) is 32.6 Å². The molecule has 1 heterocycles. The molecule has 90 valence electrons. The van der Waals surface area contributed by atoms with E-state index in [1.54, 1.807) is 0 Å². The van der Waals surface area contributed by atoms with E-state index in [4.69, 9.17) is 9.26 Å². The maximum absolute atomic E-state index is 5.54. The summed E-state index contributed by atoms with van der Waals surface area (Å²) in [7, 11) is 0. The third-order valence-electron chi connectivity index (χ3n) is 2.96. The molecule has 1 aliphatic carbocycles. The molecule has 4 heteroatoms. The fourth-order valence-corrected chi connectivity index (χ4v) is 1.65. The minimum atomic E-state index is 0.792. The molecule has 2 rings (SSSR count). The fraction of sp³-hybridized carbons (Fsp3) is 0.750. The van der Waals surface area contributed by atoms with Gasteiger partial charge in [0.25, 0.3) is 0 Å². The van der Waals surface area contributed by atoms with E-state index in [1.165, 1.54) is 18.4 Å². The van der Waals surface area contributed by atoms with E-state index >= 15 is 0 Å². The first-order chi connectivity index (χ1) is 7.77. The van der Waals surface area contributed by atoms with Crippen molar-refractivity contribution in [3.63, 3.8) is 0 Å². The van der Waals surface area contributed by atoms with Crippen molar-refractivity contribution in [3.8, 4) is 0 Å². The first-order valence-electron chi connectivity index (χ1n) is 5.97. The van der Waals surface area contributed by atoms with Crippen molar-refractivity contribution in [2.45, 2.75) is 33.2 Å². The summed E-state index contributed by atoms with van der Waals surface area (Å²) < 4.78 is 10.6. The van der Waals surface area contributed by atoms with Gasteiger partial charge in [0.05, 0.1) is 12.3 Å². The van der Waals surface area contributed by atoms with Gasteiger partial charge in [-0.1, -0.05) is 5.16 Å².